The molecule has 1 unspecified atom stereocenters. The van der Waals surface area contributed by atoms with Crippen molar-refractivity contribution in [3.8, 4) is 0 Å². The van der Waals surface area contributed by atoms with Crippen molar-refractivity contribution in [2.75, 3.05) is 19.0 Å². The lowest BCUT2D eigenvalue weighted by atomic mass is 10.2. The van der Waals surface area contributed by atoms with Gasteiger partial charge in [-0.15, -0.1) is 0 Å². The molecule has 0 aromatic heterocycles. The van der Waals surface area contributed by atoms with Crippen molar-refractivity contribution in [2.45, 2.75) is 18.9 Å². The maximum absolute atomic E-state index is 12.2. The predicted octanol–water partition coefficient (Wildman–Crippen LogP) is 0.632. The molecule has 1 aliphatic heterocycles. The lowest BCUT2D eigenvalue weighted by molar-refractivity contribution is -0.124. The van der Waals surface area contributed by atoms with Crippen LogP contribution in [0.5, 0.6) is 0 Å². The monoisotopic (exact) mass is 306 g/mol. The number of nitrogens with zero attached hydrogens (tertiary/aromatic N) is 1. The summed E-state index contributed by atoms with van der Waals surface area (Å²) in [5.74, 6) is -1.47. The Morgan fingerprint density at radius 3 is 2.68 bits per heavy atom. The molecule has 118 valence electrons. The molecule has 0 bridgehead atoms. The number of carbonyl (C=O) groups is 3. The number of rotatable bonds is 4. The van der Waals surface area contributed by atoms with Gasteiger partial charge in [0, 0.05) is 13.6 Å². The molecular formula is C14H18N4O4. The minimum Gasteiger partial charge on any atom is -0.478 e. The molecular weight excluding hydrogens is 288 g/mol. The summed E-state index contributed by atoms with van der Waals surface area (Å²) in [6.07, 6.45) is 1.32. The van der Waals surface area contributed by atoms with Gasteiger partial charge in [0.05, 0.1) is 11.3 Å². The van der Waals surface area contributed by atoms with Gasteiger partial charge in [0.15, 0.2) is 0 Å². The first-order valence-electron chi connectivity index (χ1n) is 6.91. The van der Waals surface area contributed by atoms with Crippen molar-refractivity contribution in [1.29, 1.82) is 0 Å². The van der Waals surface area contributed by atoms with Gasteiger partial charge in [-0.2, -0.15) is 0 Å². The molecule has 4 N–H and O–H groups in total. The van der Waals surface area contributed by atoms with E-state index in [1.54, 1.807) is 18.2 Å². The second-order valence-corrected chi connectivity index (χ2v) is 4.87. The summed E-state index contributed by atoms with van der Waals surface area (Å²) < 4.78 is 0. The lowest BCUT2D eigenvalue weighted by Gasteiger charge is -2.23. The Morgan fingerprint density at radius 2 is 2.00 bits per heavy atom. The number of carboxylic acids is 1. The number of nitrogens with one attached hydrogen (secondary N) is 3. The molecule has 1 fully saturated rings. The highest BCUT2D eigenvalue weighted by Crippen LogP contribution is 2.18. The van der Waals surface area contributed by atoms with E-state index in [-0.39, 0.29) is 23.2 Å². The number of hydrogen-bond acceptors (Lipinski definition) is 4. The van der Waals surface area contributed by atoms with Gasteiger partial charge in [-0.25, -0.2) is 9.59 Å². The summed E-state index contributed by atoms with van der Waals surface area (Å²) in [5, 5.41) is 11.6. The van der Waals surface area contributed by atoms with Gasteiger partial charge in [-0.05, 0) is 25.0 Å². The molecule has 3 amide bonds. The number of aromatic carboxylic acids is 1. The van der Waals surface area contributed by atoms with Crippen LogP contribution in [-0.2, 0) is 4.79 Å². The quantitative estimate of drug-likeness (QED) is 0.610. The van der Waals surface area contributed by atoms with Crippen molar-refractivity contribution in [3.63, 3.8) is 0 Å². The number of para-hydroxylation sites is 1. The zero-order chi connectivity index (χ0) is 16.1. The Balaban J connectivity index is 2.01. The van der Waals surface area contributed by atoms with E-state index in [1.165, 1.54) is 18.0 Å². The number of likely N-dealkylation sites (tertiary alicyclic amines) is 1. The Morgan fingerprint density at radius 1 is 1.27 bits per heavy atom. The molecule has 1 aromatic rings. The number of carbonyl (C=O) groups excluding carboxylic acids is 2. The first kappa shape index (κ1) is 15.6. The van der Waals surface area contributed by atoms with Gasteiger partial charge in [0.1, 0.15) is 6.04 Å². The zero-order valence-electron chi connectivity index (χ0n) is 12.1. The standard InChI is InChI=1S/C14H18N4O4/c1-15-14(22)18-8-4-7-11(18)12(19)17-16-10-6-3-2-5-9(10)13(20)21/h2-3,5-6,11,16H,4,7-8H2,1H3,(H,15,22)(H,17,19)(H,20,21). The van der Waals surface area contributed by atoms with Crippen LogP contribution >= 0.6 is 0 Å². The van der Waals surface area contributed by atoms with Crippen molar-refractivity contribution in [1.82, 2.24) is 15.6 Å². The Hall–Kier alpha value is -2.77. The van der Waals surface area contributed by atoms with Crippen LogP contribution in [0.4, 0.5) is 10.5 Å². The third-order valence-corrected chi connectivity index (χ3v) is 3.51. The molecule has 0 saturated carbocycles. The third kappa shape index (κ3) is 3.27. The van der Waals surface area contributed by atoms with Crippen LogP contribution in [0.25, 0.3) is 0 Å². The first-order valence-corrected chi connectivity index (χ1v) is 6.91. The van der Waals surface area contributed by atoms with Crippen LogP contribution in [0.2, 0.25) is 0 Å². The van der Waals surface area contributed by atoms with Crippen LogP contribution < -0.4 is 16.2 Å². The maximum atomic E-state index is 12.2. The largest absolute Gasteiger partial charge is 0.478 e. The second-order valence-electron chi connectivity index (χ2n) is 4.87. The molecule has 0 spiro atoms. The van der Waals surface area contributed by atoms with E-state index in [4.69, 9.17) is 5.11 Å². The molecule has 1 aromatic carbocycles. The number of benzene rings is 1. The predicted molar refractivity (Wildman–Crippen MR) is 79.4 cm³/mol. The topological polar surface area (TPSA) is 111 Å². The molecule has 8 heteroatoms. The number of hydrazine groups is 1. The van der Waals surface area contributed by atoms with Gasteiger partial charge in [0.2, 0.25) is 0 Å². The summed E-state index contributed by atoms with van der Waals surface area (Å²) >= 11 is 0. The number of hydrogen-bond donors (Lipinski definition) is 4. The van der Waals surface area contributed by atoms with Crippen LogP contribution in [0.3, 0.4) is 0 Å². The molecule has 22 heavy (non-hydrogen) atoms. The van der Waals surface area contributed by atoms with Gasteiger partial charge < -0.3 is 15.3 Å². The van der Waals surface area contributed by atoms with E-state index in [0.717, 1.165) is 6.42 Å². The summed E-state index contributed by atoms with van der Waals surface area (Å²) in [6.45, 7) is 0.517. The van der Waals surface area contributed by atoms with E-state index in [1.807, 2.05) is 0 Å². The maximum Gasteiger partial charge on any atom is 0.337 e. The molecule has 1 saturated heterocycles. The minimum atomic E-state index is -1.09. The minimum absolute atomic E-state index is 0.0531. The van der Waals surface area contributed by atoms with Crippen molar-refractivity contribution in [2.24, 2.45) is 0 Å². The normalized spacial score (nSPS) is 17.0. The molecule has 0 radical (unpaired) electrons. The number of carboxylic acid groups (broad SMARTS) is 1. The summed E-state index contributed by atoms with van der Waals surface area (Å²) in [4.78, 5) is 36.4. The first-order chi connectivity index (χ1) is 10.5. The summed E-state index contributed by atoms with van der Waals surface area (Å²) in [6, 6.07) is 5.37. The smallest absolute Gasteiger partial charge is 0.337 e. The lowest BCUT2D eigenvalue weighted by Crippen LogP contribution is -2.50. The second kappa shape index (κ2) is 6.79. The van der Waals surface area contributed by atoms with Crippen LogP contribution in [-0.4, -0.2) is 47.5 Å². The summed E-state index contributed by atoms with van der Waals surface area (Å²) in [5.41, 5.74) is 5.42. The molecule has 1 heterocycles. The fourth-order valence-corrected chi connectivity index (χ4v) is 2.42. The fourth-order valence-electron chi connectivity index (χ4n) is 2.42. The summed E-state index contributed by atoms with van der Waals surface area (Å²) in [7, 11) is 1.51. The van der Waals surface area contributed by atoms with E-state index < -0.39 is 12.0 Å². The average molecular weight is 306 g/mol. The van der Waals surface area contributed by atoms with Crippen molar-refractivity contribution < 1.29 is 19.5 Å². The number of urea groups is 1. The van der Waals surface area contributed by atoms with E-state index >= 15 is 0 Å². The van der Waals surface area contributed by atoms with E-state index in [9.17, 15) is 14.4 Å². The van der Waals surface area contributed by atoms with Crippen molar-refractivity contribution in [3.05, 3.63) is 29.8 Å². The zero-order valence-corrected chi connectivity index (χ0v) is 12.1. The fraction of sp³-hybridized carbons (Fsp3) is 0.357. The Bertz CT molecular complexity index is 590. The average Bonchev–Trinajstić information content (AvgIpc) is 3.01. The van der Waals surface area contributed by atoms with Crippen LogP contribution in [0.15, 0.2) is 24.3 Å². The van der Waals surface area contributed by atoms with Crippen LogP contribution in [0, 0.1) is 0 Å². The number of amides is 3. The van der Waals surface area contributed by atoms with Gasteiger partial charge in [0.25, 0.3) is 5.91 Å². The third-order valence-electron chi connectivity index (χ3n) is 3.51. The molecule has 2 rings (SSSR count). The molecule has 1 aliphatic rings. The number of anilines is 1. The molecule has 0 aliphatic carbocycles. The molecule has 8 nitrogen and oxygen atoms in total. The highest BCUT2D eigenvalue weighted by molar-refractivity contribution is 5.95. The van der Waals surface area contributed by atoms with Gasteiger partial charge in [-0.3, -0.25) is 15.6 Å². The SMILES string of the molecule is CNC(=O)N1CCCC1C(=O)NNc1ccccc1C(=O)O. The van der Waals surface area contributed by atoms with E-state index in [0.29, 0.717) is 13.0 Å². The van der Waals surface area contributed by atoms with Crippen molar-refractivity contribution >= 4 is 23.6 Å². The Kier molecular flexibility index (Phi) is 4.82. The Labute approximate surface area is 127 Å². The van der Waals surface area contributed by atoms with Gasteiger partial charge >= 0.3 is 12.0 Å². The van der Waals surface area contributed by atoms with E-state index in [2.05, 4.69) is 16.2 Å². The van der Waals surface area contributed by atoms with Crippen LogP contribution in [0.1, 0.15) is 23.2 Å². The highest BCUT2D eigenvalue weighted by Gasteiger charge is 2.33. The highest BCUT2D eigenvalue weighted by atomic mass is 16.4. The molecule has 1 atom stereocenters. The van der Waals surface area contributed by atoms with Gasteiger partial charge in [-0.1, -0.05) is 12.1 Å².